The van der Waals surface area contributed by atoms with E-state index in [-0.39, 0.29) is 15.6 Å². The predicted octanol–water partition coefficient (Wildman–Crippen LogP) is 1.59. The standard InChI is InChI=1S/C10H8FN3O5S2/c1-5-9(20-10(15)12-5)21(18,19)13-6-2-3-7(11)8(4-6)14(16)17/h2-4,13H,1H3,(H,12,15). The van der Waals surface area contributed by atoms with Crippen LogP contribution in [0.1, 0.15) is 5.69 Å². The molecule has 0 atom stereocenters. The zero-order chi connectivity index (χ0) is 15.8. The molecule has 8 nitrogen and oxygen atoms in total. The molecule has 0 aliphatic carbocycles. The first-order valence-electron chi connectivity index (χ1n) is 5.37. The minimum absolute atomic E-state index is 0.147. The van der Waals surface area contributed by atoms with Gasteiger partial charge >= 0.3 is 10.6 Å². The summed E-state index contributed by atoms with van der Waals surface area (Å²) >= 11 is 0.485. The fraction of sp³-hybridized carbons (Fsp3) is 0.100. The number of thiazole rings is 1. The first-order valence-corrected chi connectivity index (χ1v) is 7.67. The molecule has 2 aromatic rings. The van der Waals surface area contributed by atoms with E-state index in [1.807, 2.05) is 0 Å². The van der Waals surface area contributed by atoms with Gasteiger partial charge in [0.25, 0.3) is 10.0 Å². The normalized spacial score (nSPS) is 11.3. The Morgan fingerprint density at radius 1 is 1.43 bits per heavy atom. The third-order valence-electron chi connectivity index (χ3n) is 2.42. The van der Waals surface area contributed by atoms with Crippen LogP contribution in [0.2, 0.25) is 0 Å². The Kier molecular flexibility index (Phi) is 3.78. The Morgan fingerprint density at radius 2 is 2.10 bits per heavy atom. The van der Waals surface area contributed by atoms with Crippen molar-refractivity contribution < 1.29 is 17.7 Å². The molecule has 0 unspecified atom stereocenters. The summed E-state index contributed by atoms with van der Waals surface area (Å²) in [4.78, 5) is 22.5. The van der Waals surface area contributed by atoms with Gasteiger partial charge in [-0.15, -0.1) is 0 Å². The number of nitrogens with zero attached hydrogens (tertiary/aromatic N) is 1. The molecule has 0 aliphatic rings. The average molecular weight is 333 g/mol. The second-order valence-electron chi connectivity index (χ2n) is 3.96. The van der Waals surface area contributed by atoms with Crippen LogP contribution in [0.5, 0.6) is 0 Å². The number of nitro groups is 1. The van der Waals surface area contributed by atoms with Gasteiger partial charge in [0.05, 0.1) is 10.6 Å². The van der Waals surface area contributed by atoms with Crippen LogP contribution in [-0.2, 0) is 10.0 Å². The Morgan fingerprint density at radius 3 is 2.62 bits per heavy atom. The van der Waals surface area contributed by atoms with Crippen LogP contribution < -0.4 is 9.60 Å². The van der Waals surface area contributed by atoms with Crippen LogP contribution in [0.4, 0.5) is 15.8 Å². The lowest BCUT2D eigenvalue weighted by molar-refractivity contribution is -0.387. The maximum absolute atomic E-state index is 13.2. The van der Waals surface area contributed by atoms with Crippen LogP contribution in [-0.4, -0.2) is 18.3 Å². The summed E-state index contributed by atoms with van der Waals surface area (Å²) in [6.45, 7) is 1.40. The molecule has 0 spiro atoms. The van der Waals surface area contributed by atoms with E-state index in [4.69, 9.17) is 0 Å². The van der Waals surface area contributed by atoms with E-state index in [2.05, 4.69) is 9.71 Å². The van der Waals surface area contributed by atoms with Crippen molar-refractivity contribution in [3.63, 3.8) is 0 Å². The van der Waals surface area contributed by atoms with E-state index in [1.165, 1.54) is 6.92 Å². The third-order valence-corrected chi connectivity index (χ3v) is 5.41. The summed E-state index contributed by atoms with van der Waals surface area (Å²) in [5.74, 6) is -1.08. The molecule has 0 radical (unpaired) electrons. The molecule has 0 saturated carbocycles. The van der Waals surface area contributed by atoms with Crippen molar-refractivity contribution in [1.82, 2.24) is 4.98 Å². The smallest absolute Gasteiger partial charge is 0.306 e. The molecule has 1 aromatic carbocycles. The summed E-state index contributed by atoms with van der Waals surface area (Å²) in [5, 5.41) is 10.6. The Labute approximate surface area is 121 Å². The van der Waals surface area contributed by atoms with Crippen LogP contribution in [0.15, 0.2) is 27.2 Å². The number of hydrogen-bond acceptors (Lipinski definition) is 6. The van der Waals surface area contributed by atoms with Gasteiger partial charge < -0.3 is 4.98 Å². The van der Waals surface area contributed by atoms with Gasteiger partial charge in [-0.05, 0) is 19.1 Å². The maximum Gasteiger partial charge on any atom is 0.306 e. The largest absolute Gasteiger partial charge is 0.315 e. The maximum atomic E-state index is 13.2. The number of aromatic nitrogens is 1. The number of aryl methyl sites for hydroxylation is 1. The summed E-state index contributed by atoms with van der Waals surface area (Å²) in [6.07, 6.45) is 0. The molecule has 0 bridgehead atoms. The SMILES string of the molecule is Cc1[nH]c(=O)sc1S(=O)(=O)Nc1ccc(F)c([N+](=O)[O-])c1. The summed E-state index contributed by atoms with van der Waals surface area (Å²) < 4.78 is 39.2. The lowest BCUT2D eigenvalue weighted by Crippen LogP contribution is -2.13. The molecule has 1 heterocycles. The number of rotatable bonds is 4. The number of benzene rings is 1. The highest BCUT2D eigenvalue weighted by molar-refractivity contribution is 7.94. The number of hydrogen-bond donors (Lipinski definition) is 2. The molecule has 0 fully saturated rings. The fourth-order valence-electron chi connectivity index (χ4n) is 1.56. The van der Waals surface area contributed by atoms with Gasteiger partial charge in [0.2, 0.25) is 5.82 Å². The van der Waals surface area contributed by atoms with E-state index in [1.54, 1.807) is 0 Å². The van der Waals surface area contributed by atoms with Gasteiger partial charge in [-0.1, -0.05) is 11.3 Å². The van der Waals surface area contributed by atoms with Crippen molar-refractivity contribution in [3.05, 3.63) is 49.5 Å². The molecular weight excluding hydrogens is 325 g/mol. The second kappa shape index (κ2) is 5.26. The van der Waals surface area contributed by atoms with Gasteiger partial charge in [0.15, 0.2) is 4.21 Å². The van der Waals surface area contributed by atoms with Crippen molar-refractivity contribution in [2.24, 2.45) is 0 Å². The summed E-state index contributed by atoms with van der Waals surface area (Å²) in [5.41, 5.74) is -0.883. The van der Waals surface area contributed by atoms with E-state index >= 15 is 0 Å². The molecule has 11 heteroatoms. The fourth-order valence-corrected chi connectivity index (χ4v) is 3.92. The van der Waals surface area contributed by atoms with Crippen LogP contribution in [0, 0.1) is 22.9 Å². The highest BCUT2D eigenvalue weighted by Gasteiger charge is 2.22. The Hall–Kier alpha value is -2.27. The lowest BCUT2D eigenvalue weighted by atomic mass is 10.3. The molecule has 112 valence electrons. The van der Waals surface area contributed by atoms with Crippen molar-refractivity contribution in [2.45, 2.75) is 11.1 Å². The van der Waals surface area contributed by atoms with Crippen LogP contribution in [0.25, 0.3) is 0 Å². The third kappa shape index (κ3) is 3.08. The van der Waals surface area contributed by atoms with Gasteiger partial charge in [0.1, 0.15) is 0 Å². The quantitative estimate of drug-likeness (QED) is 0.650. The highest BCUT2D eigenvalue weighted by Crippen LogP contribution is 2.25. The average Bonchev–Trinajstić information content (AvgIpc) is 2.71. The number of halogens is 1. The van der Waals surface area contributed by atoms with Crippen molar-refractivity contribution >= 4 is 32.7 Å². The summed E-state index contributed by atoms with van der Waals surface area (Å²) in [7, 11) is -4.09. The first-order chi connectivity index (χ1) is 9.70. The van der Waals surface area contributed by atoms with Gasteiger partial charge in [0, 0.05) is 11.8 Å². The number of sulfonamides is 1. The molecule has 2 N–H and O–H groups in total. The van der Waals surface area contributed by atoms with E-state index in [9.17, 15) is 27.7 Å². The zero-order valence-electron chi connectivity index (χ0n) is 10.4. The van der Waals surface area contributed by atoms with Gasteiger partial charge in [-0.25, -0.2) is 8.42 Å². The predicted molar refractivity (Wildman–Crippen MR) is 73.5 cm³/mol. The number of nitro benzene ring substituents is 1. The number of anilines is 1. The van der Waals surface area contributed by atoms with E-state index < -0.39 is 31.3 Å². The Bertz CT molecular complexity index is 871. The van der Waals surface area contributed by atoms with Crippen LogP contribution in [0.3, 0.4) is 0 Å². The minimum Gasteiger partial charge on any atom is -0.315 e. The highest BCUT2D eigenvalue weighted by atomic mass is 32.2. The molecule has 0 saturated heterocycles. The lowest BCUT2D eigenvalue weighted by Gasteiger charge is -2.06. The van der Waals surface area contributed by atoms with E-state index in [0.29, 0.717) is 11.3 Å². The number of nitrogens with one attached hydrogen (secondary N) is 2. The molecule has 0 aliphatic heterocycles. The molecule has 1 aromatic heterocycles. The monoisotopic (exact) mass is 333 g/mol. The Balaban J connectivity index is 2.42. The zero-order valence-corrected chi connectivity index (χ0v) is 12.0. The van der Waals surface area contributed by atoms with Crippen LogP contribution >= 0.6 is 11.3 Å². The summed E-state index contributed by atoms with van der Waals surface area (Å²) in [6, 6.07) is 2.59. The number of H-pyrrole nitrogens is 1. The molecule has 2 rings (SSSR count). The van der Waals surface area contributed by atoms with Gasteiger partial charge in [-0.3, -0.25) is 19.6 Å². The van der Waals surface area contributed by atoms with Crippen molar-refractivity contribution in [3.8, 4) is 0 Å². The van der Waals surface area contributed by atoms with Crippen molar-refractivity contribution in [2.75, 3.05) is 4.72 Å². The molecule has 21 heavy (non-hydrogen) atoms. The van der Waals surface area contributed by atoms with Crippen molar-refractivity contribution in [1.29, 1.82) is 0 Å². The van der Waals surface area contributed by atoms with Gasteiger partial charge in [-0.2, -0.15) is 4.39 Å². The first kappa shape index (κ1) is 15.1. The molecular formula is C10H8FN3O5S2. The number of aromatic amines is 1. The van der Waals surface area contributed by atoms with E-state index in [0.717, 1.165) is 18.2 Å². The minimum atomic E-state index is -4.09. The molecule has 0 amide bonds. The second-order valence-corrected chi connectivity index (χ2v) is 6.82. The topological polar surface area (TPSA) is 122 Å².